The first kappa shape index (κ1) is 22.8. The molecule has 1 atom stereocenters. The molecule has 0 radical (unpaired) electrons. The minimum absolute atomic E-state index is 0.0502. The standard InChI is InChI=1S/C21H21ClN4O4S/c1-13(11-30-2)26-20(29)16-5-3-4-6-17(16)23-21(26)31-12-18(27)24-25-19(28)14-7-9-15(22)10-8-14/h3-10,13H,11-12H2,1-2H3,(H,24,27)(H,25,28)/t13-/m0/s1. The fourth-order valence-corrected chi connectivity index (χ4v) is 3.92. The third-order valence-corrected chi connectivity index (χ3v) is 5.58. The number of methoxy groups -OCH3 is 1. The minimum atomic E-state index is -0.468. The molecule has 1 heterocycles. The van der Waals surface area contributed by atoms with Crippen molar-refractivity contribution < 1.29 is 14.3 Å². The van der Waals surface area contributed by atoms with Gasteiger partial charge in [0.1, 0.15) is 0 Å². The molecule has 10 heteroatoms. The SMILES string of the molecule is COC[C@H](C)n1c(SCC(=O)NNC(=O)c2ccc(Cl)cc2)nc2ccccc2c1=O. The fourth-order valence-electron chi connectivity index (χ4n) is 2.90. The summed E-state index contributed by atoms with van der Waals surface area (Å²) in [5.74, 6) is -0.962. The van der Waals surface area contributed by atoms with E-state index in [1.807, 2.05) is 6.92 Å². The Labute approximate surface area is 187 Å². The van der Waals surface area contributed by atoms with E-state index in [4.69, 9.17) is 16.3 Å². The average Bonchev–Trinajstić information content (AvgIpc) is 2.76. The molecule has 0 saturated heterocycles. The quantitative estimate of drug-likeness (QED) is 0.319. The van der Waals surface area contributed by atoms with E-state index in [1.165, 1.54) is 4.57 Å². The van der Waals surface area contributed by atoms with Gasteiger partial charge < -0.3 is 4.74 Å². The van der Waals surface area contributed by atoms with Crippen molar-refractivity contribution in [2.24, 2.45) is 0 Å². The van der Waals surface area contributed by atoms with E-state index in [0.717, 1.165) is 11.8 Å². The van der Waals surface area contributed by atoms with Crippen molar-refractivity contribution in [2.45, 2.75) is 18.1 Å². The number of para-hydroxylation sites is 1. The number of nitrogens with one attached hydrogen (secondary N) is 2. The summed E-state index contributed by atoms with van der Waals surface area (Å²) in [7, 11) is 1.56. The third kappa shape index (κ3) is 5.63. The van der Waals surface area contributed by atoms with Gasteiger partial charge in [0, 0.05) is 17.7 Å². The van der Waals surface area contributed by atoms with Crippen molar-refractivity contribution in [1.82, 2.24) is 20.4 Å². The number of rotatable bonds is 7. The zero-order valence-electron chi connectivity index (χ0n) is 16.9. The summed E-state index contributed by atoms with van der Waals surface area (Å²) in [6, 6.07) is 13.0. The summed E-state index contributed by atoms with van der Waals surface area (Å²) in [6.45, 7) is 2.16. The molecule has 0 saturated carbocycles. The predicted octanol–water partition coefficient (Wildman–Crippen LogP) is 2.81. The number of benzene rings is 2. The van der Waals surface area contributed by atoms with Crippen LogP contribution in [0.1, 0.15) is 23.3 Å². The van der Waals surface area contributed by atoms with Crippen molar-refractivity contribution in [1.29, 1.82) is 0 Å². The zero-order chi connectivity index (χ0) is 22.4. The van der Waals surface area contributed by atoms with Crippen LogP contribution in [0.5, 0.6) is 0 Å². The van der Waals surface area contributed by atoms with Crippen molar-refractivity contribution in [3.8, 4) is 0 Å². The summed E-state index contributed by atoms with van der Waals surface area (Å²) >= 11 is 6.91. The molecule has 3 rings (SSSR count). The van der Waals surface area contributed by atoms with Gasteiger partial charge in [0.2, 0.25) is 5.91 Å². The van der Waals surface area contributed by atoms with Crippen LogP contribution >= 0.6 is 23.4 Å². The average molecular weight is 461 g/mol. The summed E-state index contributed by atoms with van der Waals surface area (Å²) in [6.07, 6.45) is 0. The van der Waals surface area contributed by atoms with Gasteiger partial charge in [-0.1, -0.05) is 35.5 Å². The molecule has 0 spiro atoms. The number of thioether (sulfide) groups is 1. The second kappa shape index (κ2) is 10.4. The summed E-state index contributed by atoms with van der Waals surface area (Å²) in [4.78, 5) is 41.9. The van der Waals surface area contributed by atoms with Crippen LogP contribution in [0.2, 0.25) is 5.02 Å². The highest BCUT2D eigenvalue weighted by molar-refractivity contribution is 7.99. The molecular weight excluding hydrogens is 440 g/mol. The van der Waals surface area contributed by atoms with E-state index in [0.29, 0.717) is 33.3 Å². The molecule has 8 nitrogen and oxygen atoms in total. The molecule has 0 aliphatic carbocycles. The maximum Gasteiger partial charge on any atom is 0.269 e. The first-order chi connectivity index (χ1) is 14.9. The van der Waals surface area contributed by atoms with Gasteiger partial charge in [0.15, 0.2) is 5.16 Å². The molecule has 2 N–H and O–H groups in total. The number of fused-ring (bicyclic) bond motifs is 1. The molecule has 0 fully saturated rings. The molecule has 2 amide bonds. The monoisotopic (exact) mass is 460 g/mol. The molecular formula is C21H21ClN4O4S. The van der Waals surface area contributed by atoms with Gasteiger partial charge in [-0.05, 0) is 43.3 Å². The number of hydrogen-bond donors (Lipinski definition) is 2. The van der Waals surface area contributed by atoms with Crippen LogP contribution in [0.4, 0.5) is 0 Å². The molecule has 31 heavy (non-hydrogen) atoms. The van der Waals surface area contributed by atoms with Crippen LogP contribution in [-0.2, 0) is 9.53 Å². The smallest absolute Gasteiger partial charge is 0.269 e. The van der Waals surface area contributed by atoms with Gasteiger partial charge in [-0.25, -0.2) is 4.98 Å². The number of hydrogen-bond acceptors (Lipinski definition) is 6. The Morgan fingerprint density at radius 2 is 1.87 bits per heavy atom. The molecule has 0 bridgehead atoms. The lowest BCUT2D eigenvalue weighted by molar-refractivity contribution is -0.119. The first-order valence-corrected chi connectivity index (χ1v) is 10.7. The lowest BCUT2D eigenvalue weighted by Gasteiger charge is -2.18. The zero-order valence-corrected chi connectivity index (χ0v) is 18.5. The molecule has 1 aromatic heterocycles. The van der Waals surface area contributed by atoms with Crippen LogP contribution in [0.15, 0.2) is 58.5 Å². The highest BCUT2D eigenvalue weighted by Gasteiger charge is 2.18. The van der Waals surface area contributed by atoms with E-state index in [2.05, 4.69) is 15.8 Å². The number of halogens is 1. The number of ether oxygens (including phenoxy) is 1. The van der Waals surface area contributed by atoms with Crippen molar-refractivity contribution >= 4 is 46.1 Å². The van der Waals surface area contributed by atoms with E-state index < -0.39 is 11.8 Å². The first-order valence-electron chi connectivity index (χ1n) is 9.38. The second-order valence-electron chi connectivity index (χ2n) is 6.69. The minimum Gasteiger partial charge on any atom is -0.383 e. The van der Waals surface area contributed by atoms with E-state index in [-0.39, 0.29) is 17.4 Å². The Kier molecular flexibility index (Phi) is 7.67. The molecule has 2 aromatic carbocycles. The summed E-state index contributed by atoms with van der Waals surface area (Å²) in [5, 5.41) is 1.40. The lowest BCUT2D eigenvalue weighted by Crippen LogP contribution is -2.42. The van der Waals surface area contributed by atoms with Gasteiger partial charge >= 0.3 is 0 Å². The van der Waals surface area contributed by atoms with Gasteiger partial charge in [0.25, 0.3) is 11.5 Å². The Hall–Kier alpha value is -2.88. The van der Waals surface area contributed by atoms with Crippen LogP contribution < -0.4 is 16.4 Å². The highest BCUT2D eigenvalue weighted by atomic mass is 35.5. The number of aromatic nitrogens is 2. The summed E-state index contributed by atoms with van der Waals surface area (Å²) in [5.41, 5.74) is 5.41. The maximum atomic E-state index is 13.0. The number of amides is 2. The second-order valence-corrected chi connectivity index (χ2v) is 8.07. The molecule has 0 aliphatic heterocycles. The Bertz CT molecular complexity index is 1150. The lowest BCUT2D eigenvalue weighted by atomic mass is 10.2. The Morgan fingerprint density at radius 3 is 2.58 bits per heavy atom. The topological polar surface area (TPSA) is 102 Å². The number of hydrazine groups is 1. The van der Waals surface area contributed by atoms with E-state index in [1.54, 1.807) is 55.6 Å². The van der Waals surface area contributed by atoms with Crippen molar-refractivity contribution in [3.63, 3.8) is 0 Å². The molecule has 0 aliphatic rings. The number of carbonyl (C=O) groups excluding carboxylic acids is 2. The van der Waals surface area contributed by atoms with Gasteiger partial charge in [-0.2, -0.15) is 0 Å². The molecule has 162 valence electrons. The largest absolute Gasteiger partial charge is 0.383 e. The summed E-state index contributed by atoms with van der Waals surface area (Å²) < 4.78 is 6.71. The molecule has 0 unspecified atom stereocenters. The van der Waals surface area contributed by atoms with Gasteiger partial charge in [-0.3, -0.25) is 29.8 Å². The Morgan fingerprint density at radius 1 is 1.16 bits per heavy atom. The van der Waals surface area contributed by atoms with Crippen LogP contribution in [0.25, 0.3) is 10.9 Å². The third-order valence-electron chi connectivity index (χ3n) is 4.38. The van der Waals surface area contributed by atoms with Gasteiger partial charge in [-0.15, -0.1) is 0 Å². The van der Waals surface area contributed by atoms with Crippen molar-refractivity contribution in [3.05, 3.63) is 69.5 Å². The van der Waals surface area contributed by atoms with Crippen LogP contribution in [0, 0.1) is 0 Å². The molecule has 3 aromatic rings. The number of nitrogens with zero attached hydrogens (tertiary/aromatic N) is 2. The fraction of sp³-hybridized carbons (Fsp3) is 0.238. The number of carbonyl (C=O) groups is 2. The normalized spacial score (nSPS) is 11.8. The predicted molar refractivity (Wildman–Crippen MR) is 120 cm³/mol. The van der Waals surface area contributed by atoms with E-state index >= 15 is 0 Å². The van der Waals surface area contributed by atoms with Crippen LogP contribution in [0.3, 0.4) is 0 Å². The van der Waals surface area contributed by atoms with Gasteiger partial charge in [0.05, 0.1) is 29.3 Å². The Balaban J connectivity index is 1.71. The van der Waals surface area contributed by atoms with Crippen LogP contribution in [-0.4, -0.2) is 40.8 Å². The van der Waals surface area contributed by atoms with Crippen molar-refractivity contribution in [2.75, 3.05) is 19.5 Å². The highest BCUT2D eigenvalue weighted by Crippen LogP contribution is 2.21. The van der Waals surface area contributed by atoms with E-state index in [9.17, 15) is 14.4 Å². The maximum absolute atomic E-state index is 13.0.